The maximum atomic E-state index is 12.5. The number of nitrogens with zero attached hydrogens (tertiary/aromatic N) is 3. The molecule has 0 unspecified atom stereocenters. The molecule has 5 rings (SSSR count). The van der Waals surface area contributed by atoms with Crippen molar-refractivity contribution < 1.29 is 9.53 Å². The molecule has 0 aliphatic carbocycles. The molecule has 5 nitrogen and oxygen atoms in total. The summed E-state index contributed by atoms with van der Waals surface area (Å²) in [6.07, 6.45) is 4.20. The van der Waals surface area contributed by atoms with Gasteiger partial charge in [-0.15, -0.1) is 0 Å². The Balaban J connectivity index is 1.33. The van der Waals surface area contributed by atoms with Gasteiger partial charge in [-0.3, -0.25) is 14.6 Å². The first-order valence-corrected chi connectivity index (χ1v) is 11.5. The fourth-order valence-corrected chi connectivity index (χ4v) is 6.03. The molecule has 4 saturated heterocycles. The molecular weight excluding hydrogens is 362 g/mol. The Labute approximate surface area is 175 Å². The highest BCUT2D eigenvalue weighted by molar-refractivity contribution is 5.81. The van der Waals surface area contributed by atoms with E-state index in [0.717, 1.165) is 38.5 Å². The van der Waals surface area contributed by atoms with Gasteiger partial charge in [0.2, 0.25) is 5.91 Å². The van der Waals surface area contributed by atoms with Crippen molar-refractivity contribution in [2.45, 2.75) is 71.3 Å². The zero-order chi connectivity index (χ0) is 20.2. The molecule has 4 heterocycles. The lowest BCUT2D eigenvalue weighted by atomic mass is 9.96. The van der Waals surface area contributed by atoms with Crippen LogP contribution in [0.25, 0.3) is 0 Å². The molecule has 4 fully saturated rings. The molecule has 0 radical (unpaired) electrons. The summed E-state index contributed by atoms with van der Waals surface area (Å²) in [5.74, 6) is 1.15. The highest BCUT2D eigenvalue weighted by atomic mass is 16.5. The van der Waals surface area contributed by atoms with Gasteiger partial charge in [-0.1, -0.05) is 19.1 Å². The van der Waals surface area contributed by atoms with Gasteiger partial charge in [-0.05, 0) is 68.0 Å². The van der Waals surface area contributed by atoms with E-state index >= 15 is 0 Å². The minimum absolute atomic E-state index is 0.213. The van der Waals surface area contributed by atoms with Gasteiger partial charge in [0, 0.05) is 39.0 Å². The Kier molecular flexibility index (Phi) is 4.96. The number of amides is 1. The summed E-state index contributed by atoms with van der Waals surface area (Å²) in [6.45, 7) is 13.8. The number of hydrogen-bond acceptors (Lipinski definition) is 4. The molecular formula is C24H35N3O2. The molecule has 158 valence electrons. The number of carbonyl (C=O) groups is 1. The predicted molar refractivity (Wildman–Crippen MR) is 113 cm³/mol. The fraction of sp³-hybridized carbons (Fsp3) is 0.708. The average molecular weight is 398 g/mol. The van der Waals surface area contributed by atoms with Crippen LogP contribution in [0.1, 0.15) is 54.9 Å². The van der Waals surface area contributed by atoms with Crippen LogP contribution in [-0.4, -0.2) is 65.2 Å². The van der Waals surface area contributed by atoms with E-state index in [2.05, 4.69) is 42.7 Å². The largest absolute Gasteiger partial charge is 0.352 e. The molecule has 1 spiro atoms. The van der Waals surface area contributed by atoms with Gasteiger partial charge in [-0.25, -0.2) is 0 Å². The zero-order valence-corrected chi connectivity index (χ0v) is 18.2. The van der Waals surface area contributed by atoms with Crippen molar-refractivity contribution in [3.05, 3.63) is 34.4 Å². The highest BCUT2D eigenvalue weighted by Gasteiger charge is 2.61. The van der Waals surface area contributed by atoms with Gasteiger partial charge in [0.05, 0.1) is 12.6 Å². The lowest BCUT2D eigenvalue weighted by Gasteiger charge is -2.32. The van der Waals surface area contributed by atoms with E-state index in [9.17, 15) is 4.79 Å². The summed E-state index contributed by atoms with van der Waals surface area (Å²) in [5.41, 5.74) is 5.33. The van der Waals surface area contributed by atoms with Crippen molar-refractivity contribution >= 4 is 5.91 Å². The van der Waals surface area contributed by atoms with Crippen LogP contribution >= 0.6 is 0 Å². The van der Waals surface area contributed by atoms with E-state index in [1.807, 2.05) is 4.90 Å². The first-order valence-electron chi connectivity index (χ1n) is 11.5. The molecule has 5 heteroatoms. The first kappa shape index (κ1) is 19.5. The van der Waals surface area contributed by atoms with E-state index in [4.69, 9.17) is 4.74 Å². The summed E-state index contributed by atoms with van der Waals surface area (Å²) in [4.78, 5) is 19.6. The van der Waals surface area contributed by atoms with E-state index in [0.29, 0.717) is 13.0 Å². The first-order chi connectivity index (χ1) is 14.0. The van der Waals surface area contributed by atoms with Crippen molar-refractivity contribution in [3.8, 4) is 0 Å². The molecule has 1 aromatic rings. The Morgan fingerprint density at radius 2 is 1.76 bits per heavy atom. The number of carbonyl (C=O) groups excluding carboxylic acids is 1. The van der Waals surface area contributed by atoms with Gasteiger partial charge in [0.1, 0.15) is 0 Å². The molecule has 1 aromatic carbocycles. The number of likely N-dealkylation sites (tertiary alicyclic amines) is 2. The summed E-state index contributed by atoms with van der Waals surface area (Å²) < 4.78 is 6.17. The Morgan fingerprint density at radius 3 is 2.52 bits per heavy atom. The van der Waals surface area contributed by atoms with Crippen molar-refractivity contribution in [2.75, 3.05) is 32.8 Å². The number of aryl methyl sites for hydroxylation is 2. The van der Waals surface area contributed by atoms with Crippen LogP contribution in [-0.2, 0) is 22.6 Å². The number of piperidine rings is 1. The molecule has 1 amide bonds. The smallest absolute Gasteiger partial charge is 0.226 e. The molecule has 4 aliphatic rings. The number of hydrogen-bond donors (Lipinski definition) is 0. The Bertz CT molecular complexity index is 802. The van der Waals surface area contributed by atoms with Crippen LogP contribution in [0.2, 0.25) is 0 Å². The van der Waals surface area contributed by atoms with E-state index in [1.165, 1.54) is 48.2 Å². The van der Waals surface area contributed by atoms with Gasteiger partial charge in [0.15, 0.2) is 5.72 Å². The van der Waals surface area contributed by atoms with Crippen LogP contribution < -0.4 is 0 Å². The molecule has 0 bridgehead atoms. The normalized spacial score (nSPS) is 30.9. The second kappa shape index (κ2) is 7.36. The van der Waals surface area contributed by atoms with Crippen molar-refractivity contribution in [1.82, 2.24) is 14.7 Å². The third-order valence-corrected chi connectivity index (χ3v) is 7.95. The summed E-state index contributed by atoms with van der Waals surface area (Å²) in [5, 5.41) is 0. The molecule has 4 aliphatic heterocycles. The number of rotatable bonds is 4. The van der Waals surface area contributed by atoms with Crippen molar-refractivity contribution in [3.63, 3.8) is 0 Å². The van der Waals surface area contributed by atoms with Crippen LogP contribution in [0.3, 0.4) is 0 Å². The minimum Gasteiger partial charge on any atom is -0.352 e. The van der Waals surface area contributed by atoms with Crippen molar-refractivity contribution in [2.24, 2.45) is 5.92 Å². The predicted octanol–water partition coefficient (Wildman–Crippen LogP) is 3.07. The van der Waals surface area contributed by atoms with Crippen LogP contribution in [0.5, 0.6) is 0 Å². The number of ether oxygens (including phenoxy) is 1. The molecule has 0 aromatic heterocycles. The summed E-state index contributed by atoms with van der Waals surface area (Å²) in [7, 11) is 0. The minimum atomic E-state index is -0.330. The highest BCUT2D eigenvalue weighted by Crippen LogP contribution is 2.46. The third-order valence-electron chi connectivity index (χ3n) is 7.95. The second-order valence-electron chi connectivity index (χ2n) is 9.84. The molecule has 0 N–H and O–H groups in total. The Morgan fingerprint density at radius 1 is 1.03 bits per heavy atom. The van der Waals surface area contributed by atoms with Crippen molar-refractivity contribution in [1.29, 1.82) is 0 Å². The van der Waals surface area contributed by atoms with Crippen LogP contribution in [0.4, 0.5) is 0 Å². The monoisotopic (exact) mass is 397 g/mol. The lowest BCUT2D eigenvalue weighted by molar-refractivity contribution is -0.136. The lowest BCUT2D eigenvalue weighted by Crippen LogP contribution is -2.47. The Hall–Kier alpha value is -1.43. The fourth-order valence-electron chi connectivity index (χ4n) is 6.03. The van der Waals surface area contributed by atoms with E-state index in [1.54, 1.807) is 0 Å². The molecule has 0 saturated carbocycles. The SMILES string of the molecule is Cc1cc(C)c(CN2CC[C@@]34OCCN3C(=O)C[C@@H]24)cc1CN1CCC(C)CC1. The van der Waals surface area contributed by atoms with Gasteiger partial charge in [-0.2, -0.15) is 0 Å². The maximum absolute atomic E-state index is 12.5. The van der Waals surface area contributed by atoms with Crippen LogP contribution in [0, 0.1) is 19.8 Å². The molecule has 2 atom stereocenters. The van der Waals surface area contributed by atoms with E-state index < -0.39 is 0 Å². The number of benzene rings is 1. The third kappa shape index (κ3) is 3.31. The summed E-state index contributed by atoms with van der Waals surface area (Å²) >= 11 is 0. The molecule has 29 heavy (non-hydrogen) atoms. The summed E-state index contributed by atoms with van der Waals surface area (Å²) in [6, 6.07) is 5.02. The van der Waals surface area contributed by atoms with Gasteiger partial charge >= 0.3 is 0 Å². The zero-order valence-electron chi connectivity index (χ0n) is 18.2. The van der Waals surface area contributed by atoms with Gasteiger partial charge < -0.3 is 9.64 Å². The standard InChI is InChI=1S/C24H35N3O2/c1-17-4-7-25(8-5-17)15-20-13-21(19(3)12-18(20)2)16-26-9-6-24-22(26)14-23(28)27(24)10-11-29-24/h12-13,17,22H,4-11,14-16H2,1-3H3/t22-,24+/m1/s1. The maximum Gasteiger partial charge on any atom is 0.226 e. The topological polar surface area (TPSA) is 36.0 Å². The van der Waals surface area contributed by atoms with Gasteiger partial charge in [0.25, 0.3) is 0 Å². The second-order valence-corrected chi connectivity index (χ2v) is 9.84. The van der Waals surface area contributed by atoms with Crippen LogP contribution in [0.15, 0.2) is 12.1 Å². The quantitative estimate of drug-likeness (QED) is 0.782. The average Bonchev–Trinajstić information content (AvgIpc) is 3.33. The van der Waals surface area contributed by atoms with E-state index in [-0.39, 0.29) is 17.7 Å².